The Morgan fingerprint density at radius 2 is 2.24 bits per heavy atom. The molecule has 6 heteroatoms. The molecule has 1 heterocycles. The Hall–Kier alpha value is -1.26. The molecule has 2 aliphatic rings. The summed E-state index contributed by atoms with van der Waals surface area (Å²) in [6, 6.07) is 0. The minimum Gasteiger partial charge on any atom is -0.394 e. The first-order chi connectivity index (χ1) is 8.22. The van der Waals surface area contributed by atoms with Gasteiger partial charge in [-0.3, -0.25) is 4.79 Å². The van der Waals surface area contributed by atoms with Gasteiger partial charge in [0.1, 0.15) is 0 Å². The first-order valence-corrected chi connectivity index (χ1v) is 6.14. The molecule has 0 bridgehead atoms. The Labute approximate surface area is 100 Å². The highest BCUT2D eigenvalue weighted by Gasteiger charge is 2.45. The zero-order valence-corrected chi connectivity index (χ0v) is 9.88. The van der Waals surface area contributed by atoms with Crippen LogP contribution in [0.2, 0.25) is 0 Å². The van der Waals surface area contributed by atoms with Gasteiger partial charge in [0.2, 0.25) is 5.91 Å². The number of hydrogen-bond acceptors (Lipinski definition) is 3. The summed E-state index contributed by atoms with van der Waals surface area (Å²) in [6.45, 7) is 1.05. The number of nitrogens with zero attached hydrogens (tertiary/aromatic N) is 4. The molecule has 2 fully saturated rings. The fourth-order valence-electron chi connectivity index (χ4n) is 3.06. The maximum Gasteiger partial charge on any atom is 0.223 e. The molecule has 94 valence electrons. The molecule has 0 spiro atoms. The number of hydrogen-bond donors (Lipinski definition) is 1. The van der Waals surface area contributed by atoms with Gasteiger partial charge in [-0.25, -0.2) is 0 Å². The Bertz CT molecular complexity index is 345. The number of carbonyl (C=O) groups excluding carboxylic acids is 1. The summed E-state index contributed by atoms with van der Waals surface area (Å²) in [5, 5.41) is 13.1. The molecule has 1 atom stereocenters. The molecule has 1 aliphatic carbocycles. The van der Waals surface area contributed by atoms with Gasteiger partial charge in [-0.1, -0.05) is 18.0 Å². The van der Waals surface area contributed by atoms with E-state index >= 15 is 0 Å². The molecule has 0 aromatic carbocycles. The Morgan fingerprint density at radius 3 is 2.82 bits per heavy atom. The van der Waals surface area contributed by atoms with Crippen molar-refractivity contribution in [3.8, 4) is 0 Å². The average Bonchev–Trinajstić information content (AvgIpc) is 2.93. The predicted octanol–water partition coefficient (Wildman–Crippen LogP) is 1.45. The molecule has 1 saturated carbocycles. The lowest BCUT2D eigenvalue weighted by atomic mass is 9.96. The van der Waals surface area contributed by atoms with Crippen LogP contribution in [-0.4, -0.2) is 41.1 Å². The number of likely N-dealkylation sites (tertiary alicyclic amines) is 1. The van der Waals surface area contributed by atoms with E-state index < -0.39 is 0 Å². The average molecular weight is 238 g/mol. The molecule has 1 aliphatic heterocycles. The van der Waals surface area contributed by atoms with Gasteiger partial charge >= 0.3 is 0 Å². The van der Waals surface area contributed by atoms with Gasteiger partial charge in [0.05, 0.1) is 12.1 Å². The van der Waals surface area contributed by atoms with E-state index in [9.17, 15) is 9.90 Å². The molecule has 1 amide bonds. The quantitative estimate of drug-likeness (QED) is 0.456. The minimum atomic E-state index is -0.331. The van der Waals surface area contributed by atoms with Crippen molar-refractivity contribution in [1.29, 1.82) is 0 Å². The molecule has 6 nitrogen and oxygen atoms in total. The summed E-state index contributed by atoms with van der Waals surface area (Å²) in [5.41, 5.74) is 7.96. The lowest BCUT2D eigenvalue weighted by Gasteiger charge is -2.37. The Balaban J connectivity index is 2.06. The van der Waals surface area contributed by atoms with Crippen molar-refractivity contribution >= 4 is 5.91 Å². The highest BCUT2D eigenvalue weighted by Crippen LogP contribution is 2.38. The van der Waals surface area contributed by atoms with E-state index in [1.54, 1.807) is 0 Å². The monoisotopic (exact) mass is 238 g/mol. The van der Waals surface area contributed by atoms with Crippen LogP contribution >= 0.6 is 0 Å². The zero-order valence-electron chi connectivity index (χ0n) is 9.88. The Morgan fingerprint density at radius 1 is 1.53 bits per heavy atom. The van der Waals surface area contributed by atoms with E-state index in [-0.39, 0.29) is 24.0 Å². The van der Waals surface area contributed by atoms with E-state index in [0.717, 1.165) is 25.7 Å². The topological polar surface area (TPSA) is 89.3 Å². The van der Waals surface area contributed by atoms with E-state index in [1.165, 1.54) is 0 Å². The predicted molar refractivity (Wildman–Crippen MR) is 62.1 cm³/mol. The normalized spacial score (nSPS) is 27.2. The van der Waals surface area contributed by atoms with Crippen molar-refractivity contribution in [3.63, 3.8) is 0 Å². The highest BCUT2D eigenvalue weighted by molar-refractivity contribution is 5.79. The fraction of sp³-hybridized carbons (Fsp3) is 0.909. The van der Waals surface area contributed by atoms with Crippen LogP contribution in [0.25, 0.3) is 10.4 Å². The molecule has 0 aromatic heterocycles. The second-order valence-corrected chi connectivity index (χ2v) is 5.08. The summed E-state index contributed by atoms with van der Waals surface area (Å²) in [5.74, 6) is 0.210. The SMILES string of the molecule is [N-]=[N+]=NCC1CC(=O)N(C2(CO)CCCC2)C1. The number of amides is 1. The van der Waals surface area contributed by atoms with Gasteiger partial charge in [-0.2, -0.15) is 0 Å². The third kappa shape index (κ3) is 2.23. The summed E-state index contributed by atoms with van der Waals surface area (Å²) in [6.07, 6.45) is 4.38. The number of azide groups is 1. The minimum absolute atomic E-state index is 0.0486. The summed E-state index contributed by atoms with van der Waals surface area (Å²) < 4.78 is 0. The van der Waals surface area contributed by atoms with Gasteiger partial charge < -0.3 is 10.0 Å². The third-order valence-electron chi connectivity index (χ3n) is 4.01. The fourth-order valence-corrected chi connectivity index (χ4v) is 3.06. The smallest absolute Gasteiger partial charge is 0.223 e. The summed E-state index contributed by atoms with van der Waals surface area (Å²) >= 11 is 0. The third-order valence-corrected chi connectivity index (χ3v) is 4.01. The van der Waals surface area contributed by atoms with Crippen LogP contribution in [0.15, 0.2) is 5.11 Å². The van der Waals surface area contributed by atoms with E-state index in [1.807, 2.05) is 4.90 Å². The van der Waals surface area contributed by atoms with E-state index in [0.29, 0.717) is 19.5 Å². The Kier molecular flexibility index (Phi) is 3.54. The van der Waals surface area contributed by atoms with Crippen LogP contribution in [0.4, 0.5) is 0 Å². The van der Waals surface area contributed by atoms with Crippen molar-refractivity contribution in [1.82, 2.24) is 4.90 Å². The first kappa shape index (κ1) is 12.2. The maximum atomic E-state index is 12.0. The number of aliphatic hydroxyl groups is 1. The van der Waals surface area contributed by atoms with Gasteiger partial charge in [0, 0.05) is 24.4 Å². The second kappa shape index (κ2) is 4.94. The van der Waals surface area contributed by atoms with Crippen LogP contribution < -0.4 is 0 Å². The molecule has 1 saturated heterocycles. The maximum absolute atomic E-state index is 12.0. The van der Waals surface area contributed by atoms with Crippen LogP contribution in [-0.2, 0) is 4.79 Å². The van der Waals surface area contributed by atoms with Crippen molar-refractivity contribution in [2.45, 2.75) is 37.6 Å². The standard InChI is InChI=1S/C11H18N4O2/c12-14-13-6-9-5-10(17)15(7-9)11(8-16)3-1-2-4-11/h9,16H,1-8H2. The first-order valence-electron chi connectivity index (χ1n) is 6.14. The second-order valence-electron chi connectivity index (χ2n) is 5.08. The number of aliphatic hydroxyl groups excluding tert-OH is 1. The molecular weight excluding hydrogens is 220 g/mol. The van der Waals surface area contributed by atoms with Gasteiger partial charge in [-0.05, 0) is 24.3 Å². The molecule has 2 rings (SSSR count). The van der Waals surface area contributed by atoms with Crippen molar-refractivity contribution < 1.29 is 9.90 Å². The molecule has 1 N–H and O–H groups in total. The molecule has 17 heavy (non-hydrogen) atoms. The van der Waals surface area contributed by atoms with Crippen molar-refractivity contribution in [2.75, 3.05) is 19.7 Å². The van der Waals surface area contributed by atoms with Gasteiger partial charge in [0.25, 0.3) is 0 Å². The van der Waals surface area contributed by atoms with Crippen molar-refractivity contribution in [2.24, 2.45) is 11.0 Å². The largest absolute Gasteiger partial charge is 0.394 e. The highest BCUT2D eigenvalue weighted by atomic mass is 16.3. The van der Waals surface area contributed by atoms with Crippen LogP contribution in [0.1, 0.15) is 32.1 Å². The van der Waals surface area contributed by atoms with E-state index in [2.05, 4.69) is 10.0 Å². The van der Waals surface area contributed by atoms with Crippen LogP contribution in [0.5, 0.6) is 0 Å². The molecular formula is C11H18N4O2. The number of carbonyl (C=O) groups is 1. The lowest BCUT2D eigenvalue weighted by molar-refractivity contribution is -0.134. The molecule has 0 aromatic rings. The lowest BCUT2D eigenvalue weighted by Crippen LogP contribution is -2.50. The molecule has 1 unspecified atom stereocenters. The molecule has 0 radical (unpaired) electrons. The van der Waals surface area contributed by atoms with Crippen LogP contribution in [0, 0.1) is 5.92 Å². The van der Waals surface area contributed by atoms with Gasteiger partial charge in [-0.15, -0.1) is 0 Å². The van der Waals surface area contributed by atoms with Crippen molar-refractivity contribution in [3.05, 3.63) is 10.4 Å². The summed E-state index contributed by atoms with van der Waals surface area (Å²) in [4.78, 5) is 16.5. The number of rotatable bonds is 4. The summed E-state index contributed by atoms with van der Waals surface area (Å²) in [7, 11) is 0. The van der Waals surface area contributed by atoms with Gasteiger partial charge in [0.15, 0.2) is 0 Å². The van der Waals surface area contributed by atoms with Crippen LogP contribution in [0.3, 0.4) is 0 Å². The van der Waals surface area contributed by atoms with E-state index in [4.69, 9.17) is 5.53 Å². The zero-order chi connectivity index (χ0) is 12.3.